The van der Waals surface area contributed by atoms with Crippen LogP contribution in [0.2, 0.25) is 0 Å². The largest absolute Gasteiger partial charge is 0.493 e. The van der Waals surface area contributed by atoms with E-state index >= 15 is 0 Å². The zero-order valence-electron chi connectivity index (χ0n) is 22.8. The summed E-state index contributed by atoms with van der Waals surface area (Å²) in [5.74, 6) is 0.860. The number of nitrogens with zero attached hydrogens (tertiary/aromatic N) is 6. The summed E-state index contributed by atoms with van der Waals surface area (Å²) in [5.41, 5.74) is 4.98. The molecular formula is C30H35N7O3. The topological polar surface area (TPSA) is 109 Å². The summed E-state index contributed by atoms with van der Waals surface area (Å²) in [7, 11) is 2.12. The van der Waals surface area contributed by atoms with Gasteiger partial charge in [-0.05, 0) is 61.3 Å². The van der Waals surface area contributed by atoms with Crippen LogP contribution in [0.5, 0.6) is 5.75 Å². The fourth-order valence-electron chi connectivity index (χ4n) is 5.53. The van der Waals surface area contributed by atoms with Crippen molar-refractivity contribution in [1.29, 1.82) is 0 Å². The smallest absolute Gasteiger partial charge is 0.305 e. The van der Waals surface area contributed by atoms with Crippen molar-refractivity contribution in [1.82, 2.24) is 24.6 Å². The first-order valence-corrected chi connectivity index (χ1v) is 14.0. The Morgan fingerprint density at radius 3 is 2.83 bits per heavy atom. The Morgan fingerprint density at radius 2 is 1.98 bits per heavy atom. The lowest BCUT2D eigenvalue weighted by molar-refractivity contribution is -0.137. The molecule has 0 radical (unpaired) electrons. The quantitative estimate of drug-likeness (QED) is 0.328. The number of aromatic nitrogens is 4. The third kappa shape index (κ3) is 5.72. The van der Waals surface area contributed by atoms with Gasteiger partial charge in [0.2, 0.25) is 0 Å². The van der Waals surface area contributed by atoms with E-state index in [1.165, 1.54) is 5.56 Å². The predicted octanol–water partition coefficient (Wildman–Crippen LogP) is 3.62. The molecule has 1 saturated heterocycles. The summed E-state index contributed by atoms with van der Waals surface area (Å²) < 4.78 is 7.85. The van der Waals surface area contributed by atoms with Gasteiger partial charge in [0.25, 0.3) is 0 Å². The van der Waals surface area contributed by atoms with Crippen LogP contribution in [0.15, 0.2) is 55.0 Å². The number of piperazine rings is 1. The second-order valence-electron chi connectivity index (χ2n) is 10.6. The number of carboxylic acid groups (broad SMARTS) is 1. The molecule has 1 aromatic carbocycles. The van der Waals surface area contributed by atoms with Gasteiger partial charge in [0.1, 0.15) is 11.6 Å². The minimum atomic E-state index is -0.885. The molecule has 40 heavy (non-hydrogen) atoms. The zero-order valence-corrected chi connectivity index (χ0v) is 22.8. The minimum absolute atomic E-state index is 0.0917. The zero-order chi connectivity index (χ0) is 27.5. The first-order chi connectivity index (χ1) is 19.5. The van der Waals surface area contributed by atoms with E-state index in [2.05, 4.69) is 50.4 Å². The summed E-state index contributed by atoms with van der Waals surface area (Å²) in [6, 6.07) is 11.6. The summed E-state index contributed by atoms with van der Waals surface area (Å²) in [6.45, 7) is 5.28. The molecule has 5 heterocycles. The molecule has 0 aliphatic carbocycles. The molecule has 2 aliphatic heterocycles. The number of aryl methyl sites for hydroxylation is 1. The maximum atomic E-state index is 11.9. The SMILES string of the molecule is CN1CCN(c2cncc(C(CC(=O)O)n3ncc4cc(OCCc5ccc6c(n5)NCCC6)ccc43)c2)CC1. The molecule has 0 amide bonds. The molecule has 2 N–H and O–H groups in total. The number of anilines is 2. The van der Waals surface area contributed by atoms with Crippen molar-refractivity contribution in [2.24, 2.45) is 0 Å². The van der Waals surface area contributed by atoms with Gasteiger partial charge >= 0.3 is 5.97 Å². The number of aliphatic carboxylic acids is 1. The molecule has 1 fully saturated rings. The second-order valence-corrected chi connectivity index (χ2v) is 10.6. The number of likely N-dealkylation sites (N-methyl/N-ethyl adjacent to an activating group) is 1. The van der Waals surface area contributed by atoms with Crippen molar-refractivity contribution < 1.29 is 14.6 Å². The molecule has 6 rings (SSSR count). The Bertz CT molecular complexity index is 1500. The van der Waals surface area contributed by atoms with E-state index in [9.17, 15) is 9.90 Å². The summed E-state index contributed by atoms with van der Waals surface area (Å²) in [6.07, 6.45) is 8.22. The van der Waals surface area contributed by atoms with Gasteiger partial charge in [-0.1, -0.05) is 6.07 Å². The van der Waals surface area contributed by atoms with E-state index < -0.39 is 12.0 Å². The molecule has 1 atom stereocenters. The maximum absolute atomic E-state index is 11.9. The normalized spacial score (nSPS) is 16.4. The van der Waals surface area contributed by atoms with Gasteiger partial charge in [-0.3, -0.25) is 14.5 Å². The van der Waals surface area contributed by atoms with Gasteiger partial charge in [-0.15, -0.1) is 0 Å². The molecule has 1 unspecified atom stereocenters. The van der Waals surface area contributed by atoms with Crippen LogP contribution < -0.4 is 15.0 Å². The van der Waals surface area contributed by atoms with E-state index in [0.29, 0.717) is 13.0 Å². The average molecular weight is 542 g/mol. The lowest BCUT2D eigenvalue weighted by Gasteiger charge is -2.34. The fourth-order valence-corrected chi connectivity index (χ4v) is 5.53. The highest BCUT2D eigenvalue weighted by molar-refractivity contribution is 5.81. The lowest BCUT2D eigenvalue weighted by Crippen LogP contribution is -2.44. The number of pyridine rings is 2. The van der Waals surface area contributed by atoms with Gasteiger partial charge in [0, 0.05) is 56.4 Å². The van der Waals surface area contributed by atoms with Crippen LogP contribution in [0.3, 0.4) is 0 Å². The number of benzene rings is 1. The molecule has 2 aliphatic rings. The van der Waals surface area contributed by atoms with Crippen LogP contribution in [0.25, 0.3) is 10.9 Å². The molecular weight excluding hydrogens is 506 g/mol. The van der Waals surface area contributed by atoms with E-state index in [0.717, 1.165) is 85.0 Å². The van der Waals surface area contributed by atoms with Crippen molar-refractivity contribution in [3.8, 4) is 5.75 Å². The fraction of sp³-hybridized carbons (Fsp3) is 0.400. The molecule has 0 spiro atoms. The Labute approximate surface area is 233 Å². The first-order valence-electron chi connectivity index (χ1n) is 14.0. The highest BCUT2D eigenvalue weighted by Gasteiger charge is 2.23. The van der Waals surface area contributed by atoms with Crippen LogP contribution in [-0.2, 0) is 17.6 Å². The molecule has 3 aromatic heterocycles. The van der Waals surface area contributed by atoms with Gasteiger partial charge in [-0.2, -0.15) is 5.10 Å². The van der Waals surface area contributed by atoms with Gasteiger partial charge < -0.3 is 25.0 Å². The Kier molecular flexibility index (Phi) is 7.50. The van der Waals surface area contributed by atoms with Gasteiger partial charge in [0.05, 0.1) is 42.7 Å². The molecule has 208 valence electrons. The highest BCUT2D eigenvalue weighted by Crippen LogP contribution is 2.30. The Hall–Kier alpha value is -4.18. The van der Waals surface area contributed by atoms with Crippen molar-refractivity contribution in [3.63, 3.8) is 0 Å². The van der Waals surface area contributed by atoms with Crippen LogP contribution >= 0.6 is 0 Å². The Morgan fingerprint density at radius 1 is 1.10 bits per heavy atom. The van der Waals surface area contributed by atoms with Crippen molar-refractivity contribution in [3.05, 3.63) is 71.8 Å². The first kappa shape index (κ1) is 26.1. The third-order valence-electron chi connectivity index (χ3n) is 7.81. The Balaban J connectivity index is 1.18. The summed E-state index contributed by atoms with van der Waals surface area (Å²) in [4.78, 5) is 25.7. The lowest BCUT2D eigenvalue weighted by atomic mass is 10.0. The number of rotatable bonds is 9. The number of nitrogens with one attached hydrogen (secondary N) is 1. The molecule has 0 bridgehead atoms. The number of hydrogen-bond acceptors (Lipinski definition) is 8. The summed E-state index contributed by atoms with van der Waals surface area (Å²) >= 11 is 0. The summed E-state index contributed by atoms with van der Waals surface area (Å²) in [5, 5.41) is 18.7. The molecule has 10 heteroatoms. The standard InChI is InChI=1S/C30H35N7O3/c1-35-10-12-36(13-11-35)25-15-22(18-31-20-25)28(17-29(38)39)37-27-7-6-26(16-23(27)19-33-37)40-14-8-24-5-4-21-3-2-9-32-30(21)34-24/h4-7,15-16,18-20,28H,2-3,8-14,17H2,1H3,(H,32,34)(H,38,39). The molecule has 10 nitrogen and oxygen atoms in total. The third-order valence-corrected chi connectivity index (χ3v) is 7.81. The van der Waals surface area contributed by atoms with Crippen LogP contribution in [0.4, 0.5) is 11.5 Å². The molecule has 0 saturated carbocycles. The van der Waals surface area contributed by atoms with Gasteiger partial charge in [0.15, 0.2) is 0 Å². The van der Waals surface area contributed by atoms with Crippen molar-refractivity contribution in [2.75, 3.05) is 56.6 Å². The number of fused-ring (bicyclic) bond motifs is 2. The van der Waals surface area contributed by atoms with Crippen molar-refractivity contribution in [2.45, 2.75) is 31.7 Å². The highest BCUT2D eigenvalue weighted by atomic mass is 16.5. The maximum Gasteiger partial charge on any atom is 0.305 e. The predicted molar refractivity (Wildman–Crippen MR) is 154 cm³/mol. The van der Waals surface area contributed by atoms with E-state index in [-0.39, 0.29) is 6.42 Å². The van der Waals surface area contributed by atoms with Gasteiger partial charge in [-0.25, -0.2) is 4.98 Å². The van der Waals surface area contributed by atoms with E-state index in [1.54, 1.807) is 17.1 Å². The average Bonchev–Trinajstić information content (AvgIpc) is 3.39. The number of hydrogen-bond donors (Lipinski definition) is 2. The molecule has 4 aromatic rings. The van der Waals surface area contributed by atoms with Crippen LogP contribution in [0, 0.1) is 0 Å². The van der Waals surface area contributed by atoms with E-state index in [1.807, 2.05) is 24.4 Å². The number of carbonyl (C=O) groups is 1. The van der Waals surface area contributed by atoms with Crippen molar-refractivity contribution >= 4 is 28.4 Å². The minimum Gasteiger partial charge on any atom is -0.493 e. The number of ether oxygens (including phenoxy) is 1. The van der Waals surface area contributed by atoms with Crippen LogP contribution in [-0.4, -0.2) is 82.1 Å². The second kappa shape index (κ2) is 11.5. The van der Waals surface area contributed by atoms with E-state index in [4.69, 9.17) is 9.72 Å². The van der Waals surface area contributed by atoms with Crippen LogP contribution in [0.1, 0.15) is 35.7 Å². The monoisotopic (exact) mass is 541 g/mol. The number of carboxylic acids is 1.